The summed E-state index contributed by atoms with van der Waals surface area (Å²) < 4.78 is 5.04. The van der Waals surface area contributed by atoms with Gasteiger partial charge < -0.3 is 9.84 Å². The lowest BCUT2D eigenvalue weighted by molar-refractivity contribution is -0.0852. The molecule has 3 nitrogen and oxygen atoms in total. The van der Waals surface area contributed by atoms with Gasteiger partial charge in [-0.2, -0.15) is 5.26 Å². The highest BCUT2D eigenvalue weighted by Crippen LogP contribution is 2.44. The molecule has 1 N–H and O–H groups in total. The van der Waals surface area contributed by atoms with Crippen molar-refractivity contribution in [2.24, 2.45) is 5.41 Å². The van der Waals surface area contributed by atoms with Crippen molar-refractivity contribution >= 4 is 0 Å². The summed E-state index contributed by atoms with van der Waals surface area (Å²) in [5.74, 6) is 0. The maximum Gasteiger partial charge on any atom is 0.104 e. The summed E-state index contributed by atoms with van der Waals surface area (Å²) in [6.07, 6.45) is 1.19. The highest BCUT2D eigenvalue weighted by atomic mass is 16.5. The highest BCUT2D eigenvalue weighted by molar-refractivity contribution is 5.39. The van der Waals surface area contributed by atoms with Crippen LogP contribution in [0.5, 0.6) is 0 Å². The Morgan fingerprint density at radius 1 is 1.41 bits per heavy atom. The summed E-state index contributed by atoms with van der Waals surface area (Å²) in [5.41, 5.74) is 0.415. The molecule has 0 radical (unpaired) electrons. The molecule has 1 atom stereocenters. The fourth-order valence-corrected chi connectivity index (χ4v) is 2.61. The second-order valence-corrected chi connectivity index (χ2v) is 5.02. The zero-order valence-electron chi connectivity index (χ0n) is 10.2. The van der Waals surface area contributed by atoms with Gasteiger partial charge in [0.2, 0.25) is 0 Å². The molecule has 1 aliphatic carbocycles. The Morgan fingerprint density at radius 3 is 2.35 bits per heavy atom. The lowest BCUT2D eigenvalue weighted by atomic mass is 9.72. The molecule has 0 heterocycles. The lowest BCUT2D eigenvalue weighted by Gasteiger charge is -2.36. The number of aliphatic hydroxyl groups is 1. The molecule has 17 heavy (non-hydrogen) atoms. The minimum absolute atomic E-state index is 0.175. The van der Waals surface area contributed by atoms with Gasteiger partial charge in [0.05, 0.1) is 18.1 Å². The van der Waals surface area contributed by atoms with Crippen LogP contribution >= 0.6 is 0 Å². The van der Waals surface area contributed by atoms with Crippen molar-refractivity contribution < 1.29 is 9.84 Å². The van der Waals surface area contributed by atoms with Crippen molar-refractivity contribution in [2.45, 2.75) is 25.4 Å². The maximum absolute atomic E-state index is 10.5. The predicted molar refractivity (Wildman–Crippen MR) is 64.4 cm³/mol. The number of nitriles is 1. The Hall–Kier alpha value is -1.37. The Bertz CT molecular complexity index is 435. The summed E-state index contributed by atoms with van der Waals surface area (Å²) in [7, 11) is 1.54. The van der Waals surface area contributed by atoms with Crippen LogP contribution in [0, 0.1) is 16.7 Å². The third kappa shape index (κ3) is 1.84. The molecule has 0 saturated heterocycles. The number of hydrogen-bond donors (Lipinski definition) is 1. The van der Waals surface area contributed by atoms with Crippen molar-refractivity contribution in [3.05, 3.63) is 35.4 Å². The molecular formula is C14H17NO2. The molecule has 0 amide bonds. The van der Waals surface area contributed by atoms with Crippen LogP contribution in [0.3, 0.4) is 0 Å². The molecule has 0 spiro atoms. The molecule has 1 unspecified atom stereocenters. The maximum atomic E-state index is 10.5. The molecule has 0 bridgehead atoms. The molecule has 0 saturated carbocycles. The standard InChI is InChI=1S/C14H17NO2/c1-13(16,10-17-2)14(9-15)7-11-5-3-4-6-12(11)8-14/h3-6,16H,7-8,10H2,1-2H3. The van der Waals surface area contributed by atoms with Crippen molar-refractivity contribution in [3.8, 4) is 6.07 Å². The van der Waals surface area contributed by atoms with Crippen LogP contribution in [0.15, 0.2) is 24.3 Å². The first-order valence-electron chi connectivity index (χ1n) is 5.74. The first-order valence-corrected chi connectivity index (χ1v) is 5.74. The second-order valence-electron chi connectivity index (χ2n) is 5.02. The third-order valence-electron chi connectivity index (χ3n) is 3.77. The van der Waals surface area contributed by atoms with Crippen LogP contribution in [0.25, 0.3) is 0 Å². The number of rotatable bonds is 3. The summed E-state index contributed by atoms with van der Waals surface area (Å²) >= 11 is 0. The Balaban J connectivity index is 2.36. The normalized spacial score (nSPS) is 20.4. The molecule has 90 valence electrons. The number of nitrogens with zero attached hydrogens (tertiary/aromatic N) is 1. The average Bonchev–Trinajstić information content (AvgIpc) is 2.69. The van der Waals surface area contributed by atoms with E-state index in [9.17, 15) is 10.4 Å². The Kier molecular flexibility index (Phi) is 2.94. The number of ether oxygens (including phenoxy) is 1. The Labute approximate surface area is 102 Å². The molecule has 3 heteroatoms. The molecule has 0 aromatic heterocycles. The fraction of sp³-hybridized carbons (Fsp3) is 0.500. The van der Waals surface area contributed by atoms with E-state index in [4.69, 9.17) is 4.74 Å². The zero-order chi connectivity index (χ0) is 12.5. The van der Waals surface area contributed by atoms with Crippen LogP contribution in [0.4, 0.5) is 0 Å². The summed E-state index contributed by atoms with van der Waals surface area (Å²) in [6.45, 7) is 1.86. The van der Waals surface area contributed by atoms with E-state index in [-0.39, 0.29) is 6.61 Å². The zero-order valence-corrected chi connectivity index (χ0v) is 10.2. The van der Waals surface area contributed by atoms with E-state index in [1.807, 2.05) is 24.3 Å². The first-order chi connectivity index (χ1) is 8.04. The molecule has 0 aliphatic heterocycles. The minimum Gasteiger partial charge on any atom is -0.386 e. The van der Waals surface area contributed by atoms with E-state index < -0.39 is 11.0 Å². The third-order valence-corrected chi connectivity index (χ3v) is 3.77. The van der Waals surface area contributed by atoms with Gasteiger partial charge >= 0.3 is 0 Å². The number of benzene rings is 1. The molecule has 1 aliphatic rings. The highest BCUT2D eigenvalue weighted by Gasteiger charge is 2.51. The van der Waals surface area contributed by atoms with Gasteiger partial charge in [-0.05, 0) is 30.9 Å². The van der Waals surface area contributed by atoms with Gasteiger partial charge in [-0.25, -0.2) is 0 Å². The van der Waals surface area contributed by atoms with Gasteiger partial charge in [-0.15, -0.1) is 0 Å². The van der Waals surface area contributed by atoms with Crippen molar-refractivity contribution in [2.75, 3.05) is 13.7 Å². The second kappa shape index (κ2) is 4.14. The Morgan fingerprint density at radius 2 is 1.94 bits per heavy atom. The fourth-order valence-electron chi connectivity index (χ4n) is 2.61. The van der Waals surface area contributed by atoms with Gasteiger partial charge in [0, 0.05) is 7.11 Å². The smallest absolute Gasteiger partial charge is 0.104 e. The largest absolute Gasteiger partial charge is 0.386 e. The number of methoxy groups -OCH3 is 1. The van der Waals surface area contributed by atoms with Gasteiger partial charge in [0.15, 0.2) is 0 Å². The van der Waals surface area contributed by atoms with Gasteiger partial charge in [-0.1, -0.05) is 24.3 Å². The summed E-state index contributed by atoms with van der Waals surface area (Å²) in [6, 6.07) is 10.3. The number of hydrogen-bond acceptors (Lipinski definition) is 3. The average molecular weight is 231 g/mol. The summed E-state index contributed by atoms with van der Waals surface area (Å²) in [4.78, 5) is 0. The van der Waals surface area contributed by atoms with Crippen LogP contribution in [0.2, 0.25) is 0 Å². The van der Waals surface area contributed by atoms with E-state index in [1.165, 1.54) is 0 Å². The predicted octanol–water partition coefficient (Wildman–Crippen LogP) is 1.69. The van der Waals surface area contributed by atoms with E-state index >= 15 is 0 Å². The monoisotopic (exact) mass is 231 g/mol. The quantitative estimate of drug-likeness (QED) is 0.861. The van der Waals surface area contributed by atoms with Gasteiger partial charge in [0.25, 0.3) is 0 Å². The molecule has 1 aromatic rings. The van der Waals surface area contributed by atoms with E-state index in [1.54, 1.807) is 14.0 Å². The lowest BCUT2D eigenvalue weighted by Crippen LogP contribution is -2.49. The first kappa shape index (κ1) is 12.1. The SMILES string of the molecule is COCC(C)(O)C1(C#N)Cc2ccccc2C1. The van der Waals surface area contributed by atoms with E-state index in [0.717, 1.165) is 11.1 Å². The summed E-state index contributed by atoms with van der Waals surface area (Å²) in [5, 5.41) is 20.0. The van der Waals surface area contributed by atoms with Crippen LogP contribution in [-0.2, 0) is 17.6 Å². The van der Waals surface area contributed by atoms with Crippen molar-refractivity contribution in [3.63, 3.8) is 0 Å². The minimum atomic E-state index is -1.13. The van der Waals surface area contributed by atoms with E-state index in [0.29, 0.717) is 12.8 Å². The molecule has 0 fully saturated rings. The van der Waals surface area contributed by atoms with Crippen LogP contribution in [-0.4, -0.2) is 24.4 Å². The molecule has 1 aromatic carbocycles. The van der Waals surface area contributed by atoms with Gasteiger partial charge in [-0.3, -0.25) is 0 Å². The van der Waals surface area contributed by atoms with E-state index in [2.05, 4.69) is 6.07 Å². The molecule has 2 rings (SSSR count). The van der Waals surface area contributed by atoms with Gasteiger partial charge in [0.1, 0.15) is 5.60 Å². The van der Waals surface area contributed by atoms with Crippen LogP contribution < -0.4 is 0 Å². The number of fused-ring (bicyclic) bond motifs is 1. The van der Waals surface area contributed by atoms with Crippen LogP contribution in [0.1, 0.15) is 18.1 Å². The van der Waals surface area contributed by atoms with Crippen molar-refractivity contribution in [1.29, 1.82) is 5.26 Å². The molecular weight excluding hydrogens is 214 g/mol. The topological polar surface area (TPSA) is 53.2 Å². The van der Waals surface area contributed by atoms with Crippen molar-refractivity contribution in [1.82, 2.24) is 0 Å².